The Labute approximate surface area is 149 Å². The molecule has 9 heteroatoms. The van der Waals surface area contributed by atoms with Crippen LogP contribution >= 0.6 is 0 Å². The average Bonchev–Trinajstić information content (AvgIpc) is 3.16. The number of carbonyl (C=O) groups excluding carboxylic acids is 2. The summed E-state index contributed by atoms with van der Waals surface area (Å²) >= 11 is 0. The van der Waals surface area contributed by atoms with E-state index in [9.17, 15) is 19.7 Å². The predicted octanol–water partition coefficient (Wildman–Crippen LogP) is 2.61. The van der Waals surface area contributed by atoms with Crippen LogP contribution in [-0.2, 0) is 0 Å². The van der Waals surface area contributed by atoms with E-state index < -0.39 is 11.0 Å². The van der Waals surface area contributed by atoms with E-state index in [1.165, 1.54) is 30.7 Å². The largest absolute Gasteiger partial charge is 0.472 e. The second-order valence-electron chi connectivity index (χ2n) is 5.98. The van der Waals surface area contributed by atoms with Gasteiger partial charge < -0.3 is 20.0 Å². The maximum absolute atomic E-state index is 12.2. The molecule has 1 saturated heterocycles. The number of piperidine rings is 1. The molecule has 1 aromatic heterocycles. The topological polar surface area (TPSA) is 118 Å². The standard InChI is InChI=1S/C17H18N4O5/c22-16(12-6-9-26-11-12)20-7-4-13(5-8-20)18-17(23)19-14-2-1-3-15(10-14)21(24)25/h1-3,6,9-11,13H,4-5,7-8H2,(H2,18,19,23). The highest BCUT2D eigenvalue weighted by molar-refractivity contribution is 5.94. The Morgan fingerprint density at radius 2 is 2.00 bits per heavy atom. The Bertz CT molecular complexity index is 797. The van der Waals surface area contributed by atoms with Crippen LogP contribution in [0.3, 0.4) is 0 Å². The van der Waals surface area contributed by atoms with Crippen LogP contribution in [0, 0.1) is 10.1 Å². The number of non-ortho nitro benzene ring substituents is 1. The molecule has 0 radical (unpaired) electrons. The first-order chi connectivity index (χ1) is 12.5. The van der Waals surface area contributed by atoms with Gasteiger partial charge in [0.25, 0.3) is 11.6 Å². The van der Waals surface area contributed by atoms with E-state index in [1.54, 1.807) is 17.0 Å². The summed E-state index contributed by atoms with van der Waals surface area (Å²) in [7, 11) is 0. The zero-order chi connectivity index (χ0) is 18.5. The van der Waals surface area contributed by atoms with Gasteiger partial charge in [0.05, 0.1) is 16.7 Å². The Balaban J connectivity index is 1.48. The zero-order valence-corrected chi connectivity index (χ0v) is 13.9. The third-order valence-corrected chi connectivity index (χ3v) is 4.20. The number of nitrogens with zero attached hydrogens (tertiary/aromatic N) is 2. The van der Waals surface area contributed by atoms with Gasteiger partial charge in [-0.15, -0.1) is 0 Å². The summed E-state index contributed by atoms with van der Waals surface area (Å²) in [4.78, 5) is 36.3. The van der Waals surface area contributed by atoms with Crippen molar-refractivity contribution in [3.05, 3.63) is 58.5 Å². The molecule has 9 nitrogen and oxygen atoms in total. The second-order valence-corrected chi connectivity index (χ2v) is 5.98. The minimum Gasteiger partial charge on any atom is -0.472 e. The van der Waals surface area contributed by atoms with Gasteiger partial charge in [0.2, 0.25) is 0 Å². The van der Waals surface area contributed by atoms with Crippen molar-refractivity contribution >= 4 is 23.3 Å². The molecule has 0 atom stereocenters. The number of urea groups is 1. The summed E-state index contributed by atoms with van der Waals surface area (Å²) in [5, 5.41) is 16.2. The summed E-state index contributed by atoms with van der Waals surface area (Å²) in [6, 6.07) is 6.87. The number of nitro groups is 1. The molecule has 1 aromatic carbocycles. The molecule has 136 valence electrons. The molecular weight excluding hydrogens is 340 g/mol. The van der Waals surface area contributed by atoms with Crippen molar-refractivity contribution in [2.24, 2.45) is 0 Å². The second kappa shape index (κ2) is 7.68. The molecule has 1 aliphatic heterocycles. The van der Waals surface area contributed by atoms with E-state index in [2.05, 4.69) is 10.6 Å². The third kappa shape index (κ3) is 4.18. The van der Waals surface area contributed by atoms with Crippen LogP contribution in [0.15, 0.2) is 47.3 Å². The van der Waals surface area contributed by atoms with Gasteiger partial charge in [-0.05, 0) is 25.0 Å². The molecule has 2 aromatic rings. The molecule has 1 aliphatic rings. The van der Waals surface area contributed by atoms with Gasteiger partial charge >= 0.3 is 6.03 Å². The fourth-order valence-corrected chi connectivity index (χ4v) is 2.85. The molecular formula is C17H18N4O5. The first kappa shape index (κ1) is 17.5. The number of benzene rings is 1. The number of hydrogen-bond donors (Lipinski definition) is 2. The number of furan rings is 1. The zero-order valence-electron chi connectivity index (χ0n) is 13.9. The molecule has 1 fully saturated rings. The molecule has 0 aliphatic carbocycles. The molecule has 0 bridgehead atoms. The van der Waals surface area contributed by atoms with E-state index in [0.717, 1.165) is 0 Å². The number of nitrogens with one attached hydrogen (secondary N) is 2. The highest BCUT2D eigenvalue weighted by Gasteiger charge is 2.25. The molecule has 26 heavy (non-hydrogen) atoms. The lowest BCUT2D eigenvalue weighted by Crippen LogP contribution is -2.47. The molecule has 3 rings (SSSR count). The molecule has 3 amide bonds. The predicted molar refractivity (Wildman–Crippen MR) is 92.9 cm³/mol. The molecule has 0 unspecified atom stereocenters. The fraction of sp³-hybridized carbons (Fsp3) is 0.294. The summed E-state index contributed by atoms with van der Waals surface area (Å²) in [5.41, 5.74) is 0.776. The lowest BCUT2D eigenvalue weighted by atomic mass is 10.0. The smallest absolute Gasteiger partial charge is 0.319 e. The van der Waals surface area contributed by atoms with Crippen LogP contribution in [0.1, 0.15) is 23.2 Å². The highest BCUT2D eigenvalue weighted by atomic mass is 16.6. The lowest BCUT2D eigenvalue weighted by Gasteiger charge is -2.32. The van der Waals surface area contributed by atoms with Crippen LogP contribution in [0.25, 0.3) is 0 Å². The number of anilines is 1. The highest BCUT2D eigenvalue weighted by Crippen LogP contribution is 2.18. The molecule has 2 heterocycles. The summed E-state index contributed by atoms with van der Waals surface area (Å²) in [6.45, 7) is 1.07. The number of nitro benzene ring substituents is 1. The van der Waals surface area contributed by atoms with E-state index in [1.807, 2.05) is 0 Å². The monoisotopic (exact) mass is 358 g/mol. The molecule has 0 spiro atoms. The quantitative estimate of drug-likeness (QED) is 0.643. The summed E-state index contributed by atoms with van der Waals surface area (Å²) < 4.78 is 4.93. The number of amides is 3. The van der Waals surface area contributed by atoms with Crippen molar-refractivity contribution in [2.45, 2.75) is 18.9 Å². The van der Waals surface area contributed by atoms with Gasteiger partial charge in [0, 0.05) is 37.0 Å². The van der Waals surface area contributed by atoms with Gasteiger partial charge in [-0.1, -0.05) is 6.07 Å². The van der Waals surface area contributed by atoms with Crippen molar-refractivity contribution in [3.8, 4) is 0 Å². The Hall–Kier alpha value is -3.36. The average molecular weight is 358 g/mol. The van der Waals surface area contributed by atoms with Crippen molar-refractivity contribution < 1.29 is 18.9 Å². The van der Waals surface area contributed by atoms with Crippen LogP contribution in [0.5, 0.6) is 0 Å². The third-order valence-electron chi connectivity index (χ3n) is 4.20. The maximum Gasteiger partial charge on any atom is 0.319 e. The van der Waals surface area contributed by atoms with E-state index in [-0.39, 0.29) is 17.6 Å². The van der Waals surface area contributed by atoms with Crippen molar-refractivity contribution in [2.75, 3.05) is 18.4 Å². The van der Waals surface area contributed by atoms with Gasteiger partial charge in [-0.2, -0.15) is 0 Å². The summed E-state index contributed by atoms with van der Waals surface area (Å²) in [5.74, 6) is -0.0850. The summed E-state index contributed by atoms with van der Waals surface area (Å²) in [6.07, 6.45) is 4.14. The van der Waals surface area contributed by atoms with Crippen LogP contribution < -0.4 is 10.6 Å². The van der Waals surface area contributed by atoms with Crippen molar-refractivity contribution in [3.63, 3.8) is 0 Å². The number of rotatable bonds is 4. The van der Waals surface area contributed by atoms with Crippen LogP contribution in [-0.4, -0.2) is 40.9 Å². The lowest BCUT2D eigenvalue weighted by molar-refractivity contribution is -0.384. The van der Waals surface area contributed by atoms with Gasteiger partial charge in [-0.3, -0.25) is 14.9 Å². The number of carbonyl (C=O) groups is 2. The van der Waals surface area contributed by atoms with Crippen LogP contribution in [0.2, 0.25) is 0 Å². The molecule has 0 saturated carbocycles. The van der Waals surface area contributed by atoms with Gasteiger partial charge in [0.15, 0.2) is 0 Å². The first-order valence-electron chi connectivity index (χ1n) is 8.16. The Morgan fingerprint density at radius 3 is 2.65 bits per heavy atom. The van der Waals surface area contributed by atoms with Gasteiger partial charge in [0.1, 0.15) is 6.26 Å². The first-order valence-corrected chi connectivity index (χ1v) is 8.16. The maximum atomic E-state index is 12.2. The normalized spacial score (nSPS) is 14.7. The Kier molecular flexibility index (Phi) is 5.16. The minimum atomic E-state index is -0.518. The van der Waals surface area contributed by atoms with Crippen molar-refractivity contribution in [1.29, 1.82) is 0 Å². The Morgan fingerprint density at radius 1 is 1.23 bits per heavy atom. The SMILES string of the molecule is O=C(Nc1cccc([N+](=O)[O-])c1)NC1CCN(C(=O)c2ccoc2)CC1. The van der Waals surface area contributed by atoms with Crippen LogP contribution in [0.4, 0.5) is 16.2 Å². The fourth-order valence-electron chi connectivity index (χ4n) is 2.85. The molecule has 2 N–H and O–H groups in total. The number of likely N-dealkylation sites (tertiary alicyclic amines) is 1. The van der Waals surface area contributed by atoms with Crippen molar-refractivity contribution in [1.82, 2.24) is 10.2 Å². The van der Waals surface area contributed by atoms with Gasteiger partial charge in [-0.25, -0.2) is 4.79 Å². The van der Waals surface area contributed by atoms with E-state index in [0.29, 0.717) is 37.2 Å². The van der Waals surface area contributed by atoms with E-state index >= 15 is 0 Å². The number of hydrogen-bond acceptors (Lipinski definition) is 5. The minimum absolute atomic E-state index is 0.0675. The van der Waals surface area contributed by atoms with E-state index in [4.69, 9.17) is 4.42 Å².